The molecule has 5 rings (SSSR count). The van der Waals surface area contributed by atoms with E-state index in [0.717, 1.165) is 11.1 Å². The first-order valence-corrected chi connectivity index (χ1v) is 10.7. The molecular weight excluding hydrogens is 434 g/mol. The van der Waals surface area contributed by atoms with Crippen molar-refractivity contribution >= 4 is 17.5 Å². The van der Waals surface area contributed by atoms with Crippen molar-refractivity contribution in [2.45, 2.75) is 18.5 Å². The maximum atomic E-state index is 13.8. The number of nitro benzene ring substituents is 1. The normalized spacial score (nSPS) is 17.1. The number of non-ortho nitro benzene ring substituents is 1. The number of anilines is 1. The van der Waals surface area contributed by atoms with Crippen molar-refractivity contribution in [3.63, 3.8) is 0 Å². The highest BCUT2D eigenvalue weighted by atomic mass is 16.6. The van der Waals surface area contributed by atoms with Crippen LogP contribution >= 0.6 is 0 Å². The van der Waals surface area contributed by atoms with E-state index < -0.39 is 4.92 Å². The summed E-state index contributed by atoms with van der Waals surface area (Å²) in [6, 6.07) is 22.7. The minimum Gasteiger partial charge on any atom is -0.497 e. The fraction of sp³-hybridized carbons (Fsp3) is 0.160. The summed E-state index contributed by atoms with van der Waals surface area (Å²) in [5, 5.41) is 15.7. The Labute approximate surface area is 195 Å². The third-order valence-electron chi connectivity index (χ3n) is 6.03. The fourth-order valence-electron chi connectivity index (χ4n) is 4.38. The van der Waals surface area contributed by atoms with Crippen molar-refractivity contribution in [2.75, 3.05) is 12.0 Å². The molecule has 0 unspecified atom stereocenters. The van der Waals surface area contributed by atoms with Crippen molar-refractivity contribution < 1.29 is 14.5 Å². The Hall–Kier alpha value is -4.53. The zero-order valence-electron chi connectivity index (χ0n) is 18.3. The number of hydrogen-bond donors (Lipinski definition) is 0. The number of carbonyl (C=O) groups excluding carboxylic acids is 1. The molecule has 3 aromatic carbocycles. The van der Waals surface area contributed by atoms with E-state index in [-0.39, 0.29) is 29.2 Å². The summed E-state index contributed by atoms with van der Waals surface area (Å²) in [6.07, 6.45) is 1.97. The van der Waals surface area contributed by atoms with Crippen LogP contribution in [0.2, 0.25) is 0 Å². The molecule has 0 saturated carbocycles. The molecule has 1 aromatic heterocycles. The van der Waals surface area contributed by atoms with Crippen molar-refractivity contribution in [1.29, 1.82) is 0 Å². The smallest absolute Gasteiger partial charge is 0.270 e. The molecule has 1 aliphatic rings. The van der Waals surface area contributed by atoms with Crippen LogP contribution in [-0.4, -0.2) is 32.7 Å². The summed E-state index contributed by atoms with van der Waals surface area (Å²) in [4.78, 5) is 30.6. The van der Waals surface area contributed by atoms with Gasteiger partial charge in [0.1, 0.15) is 12.1 Å². The van der Waals surface area contributed by atoms with E-state index in [1.807, 2.05) is 54.6 Å². The number of amides is 1. The number of nitrogens with zero attached hydrogens (tertiary/aromatic N) is 5. The summed E-state index contributed by atoms with van der Waals surface area (Å²) in [6.45, 7) is 0. The molecule has 34 heavy (non-hydrogen) atoms. The fourth-order valence-corrected chi connectivity index (χ4v) is 4.38. The Bertz CT molecular complexity index is 1340. The number of benzene rings is 3. The lowest BCUT2D eigenvalue weighted by Crippen LogP contribution is -2.42. The Balaban J connectivity index is 1.64. The van der Waals surface area contributed by atoms with Gasteiger partial charge in [0.2, 0.25) is 5.95 Å². The molecule has 0 aliphatic carbocycles. The first-order chi connectivity index (χ1) is 16.6. The van der Waals surface area contributed by atoms with E-state index in [2.05, 4.69) is 10.1 Å². The maximum Gasteiger partial charge on any atom is 0.270 e. The molecular formula is C25H21N5O4. The van der Waals surface area contributed by atoms with Crippen LogP contribution in [0.1, 0.15) is 40.0 Å². The lowest BCUT2D eigenvalue weighted by molar-refractivity contribution is -0.384. The topological polar surface area (TPSA) is 103 Å². The van der Waals surface area contributed by atoms with Crippen LogP contribution in [0.5, 0.6) is 5.75 Å². The summed E-state index contributed by atoms with van der Waals surface area (Å²) in [5.41, 5.74) is 2.01. The Morgan fingerprint density at radius 1 is 1.00 bits per heavy atom. The molecule has 0 N–H and O–H groups in total. The number of rotatable bonds is 5. The Kier molecular flexibility index (Phi) is 5.51. The third-order valence-corrected chi connectivity index (χ3v) is 6.03. The van der Waals surface area contributed by atoms with Gasteiger partial charge in [-0.25, -0.2) is 4.68 Å². The molecule has 4 aromatic rings. The molecule has 2 atom stereocenters. The summed E-state index contributed by atoms with van der Waals surface area (Å²) in [5.74, 6) is 0.710. The molecule has 9 heteroatoms. The largest absolute Gasteiger partial charge is 0.497 e. The number of fused-ring (bicyclic) bond motifs is 1. The average Bonchev–Trinajstić information content (AvgIpc) is 3.38. The first-order valence-electron chi connectivity index (χ1n) is 10.7. The summed E-state index contributed by atoms with van der Waals surface area (Å²) in [7, 11) is 1.60. The van der Waals surface area contributed by atoms with Crippen LogP contribution in [0.25, 0.3) is 0 Å². The Morgan fingerprint density at radius 3 is 2.44 bits per heavy atom. The van der Waals surface area contributed by atoms with Crippen molar-refractivity contribution in [2.24, 2.45) is 0 Å². The van der Waals surface area contributed by atoms with Crippen molar-refractivity contribution in [3.8, 4) is 5.75 Å². The third kappa shape index (κ3) is 3.77. The predicted octanol–water partition coefficient (Wildman–Crippen LogP) is 4.58. The van der Waals surface area contributed by atoms with Gasteiger partial charge >= 0.3 is 0 Å². The molecule has 9 nitrogen and oxygen atoms in total. The van der Waals surface area contributed by atoms with Crippen LogP contribution in [0.15, 0.2) is 85.2 Å². The number of ether oxygens (including phenoxy) is 1. The van der Waals surface area contributed by atoms with Gasteiger partial charge in [-0.1, -0.05) is 48.5 Å². The van der Waals surface area contributed by atoms with Gasteiger partial charge in [0.15, 0.2) is 0 Å². The van der Waals surface area contributed by atoms with Crippen LogP contribution < -0.4 is 9.64 Å². The quantitative estimate of drug-likeness (QED) is 0.322. The number of carbonyl (C=O) groups is 1. The highest BCUT2D eigenvalue weighted by molar-refractivity contribution is 6.06. The second kappa shape index (κ2) is 8.78. The maximum absolute atomic E-state index is 13.8. The van der Waals surface area contributed by atoms with Crippen LogP contribution in [0, 0.1) is 10.1 Å². The highest BCUT2D eigenvalue weighted by Crippen LogP contribution is 2.42. The van der Waals surface area contributed by atoms with Crippen molar-refractivity contribution in [3.05, 3.63) is 112 Å². The molecule has 0 saturated heterocycles. The molecule has 170 valence electrons. The summed E-state index contributed by atoms with van der Waals surface area (Å²) < 4.78 is 7.04. The van der Waals surface area contributed by atoms with E-state index in [0.29, 0.717) is 18.1 Å². The van der Waals surface area contributed by atoms with Gasteiger partial charge in [0, 0.05) is 17.7 Å². The van der Waals surface area contributed by atoms with Gasteiger partial charge in [-0.05, 0) is 35.7 Å². The standard InChI is InChI=1S/C25H21N5O4/c1-34-21-12-10-18(11-13-21)22-15-23(17-6-3-2-4-7-17)29-25(26-16-27-29)28(22)24(31)19-8-5-9-20(14-19)30(32)33/h2-14,16,22-23H,15H2,1H3/t22-,23-/m1/s1. The monoisotopic (exact) mass is 455 g/mol. The van der Waals surface area contributed by atoms with E-state index in [4.69, 9.17) is 4.74 Å². The first kappa shape index (κ1) is 21.3. The van der Waals surface area contributed by atoms with E-state index in [9.17, 15) is 14.9 Å². The number of methoxy groups -OCH3 is 1. The molecule has 0 bridgehead atoms. The van der Waals surface area contributed by atoms with Gasteiger partial charge in [0.05, 0.1) is 24.1 Å². The summed E-state index contributed by atoms with van der Waals surface area (Å²) >= 11 is 0. The molecule has 0 radical (unpaired) electrons. The van der Waals surface area contributed by atoms with E-state index in [1.54, 1.807) is 22.8 Å². The lowest BCUT2D eigenvalue weighted by Gasteiger charge is -2.39. The molecule has 1 aliphatic heterocycles. The van der Waals surface area contributed by atoms with Gasteiger partial charge in [-0.15, -0.1) is 0 Å². The van der Waals surface area contributed by atoms with Crippen LogP contribution in [-0.2, 0) is 0 Å². The minimum absolute atomic E-state index is 0.139. The number of aromatic nitrogens is 3. The predicted molar refractivity (Wildman–Crippen MR) is 125 cm³/mol. The SMILES string of the molecule is COc1ccc([C@H]2C[C@H](c3ccccc3)n3ncnc3N2C(=O)c2cccc([N+](=O)[O-])c2)cc1. The van der Waals surface area contributed by atoms with Gasteiger partial charge < -0.3 is 4.74 Å². The van der Waals surface area contributed by atoms with E-state index in [1.165, 1.54) is 24.5 Å². The zero-order chi connectivity index (χ0) is 23.7. The highest BCUT2D eigenvalue weighted by Gasteiger charge is 2.40. The average molecular weight is 455 g/mol. The molecule has 2 heterocycles. The van der Waals surface area contributed by atoms with Gasteiger partial charge in [-0.2, -0.15) is 10.1 Å². The van der Waals surface area contributed by atoms with Gasteiger partial charge in [-0.3, -0.25) is 19.8 Å². The van der Waals surface area contributed by atoms with Crippen molar-refractivity contribution in [1.82, 2.24) is 14.8 Å². The van der Waals surface area contributed by atoms with Crippen LogP contribution in [0.3, 0.4) is 0 Å². The minimum atomic E-state index is -0.512. The van der Waals surface area contributed by atoms with Crippen LogP contribution in [0.4, 0.5) is 11.6 Å². The number of nitro groups is 1. The second-order valence-electron chi connectivity index (χ2n) is 7.94. The van der Waals surface area contributed by atoms with Gasteiger partial charge in [0.25, 0.3) is 11.6 Å². The zero-order valence-corrected chi connectivity index (χ0v) is 18.3. The molecule has 0 spiro atoms. The number of hydrogen-bond acceptors (Lipinski definition) is 6. The molecule has 1 amide bonds. The Morgan fingerprint density at radius 2 is 1.74 bits per heavy atom. The lowest BCUT2D eigenvalue weighted by atomic mass is 9.91. The van der Waals surface area contributed by atoms with E-state index >= 15 is 0 Å². The second-order valence-corrected chi connectivity index (χ2v) is 7.94. The molecule has 0 fully saturated rings.